The zero-order chi connectivity index (χ0) is 16.8. The first-order valence-electron chi connectivity index (χ1n) is 8.21. The number of carbonyl (C=O) groups excluding carboxylic acids is 1. The Morgan fingerprint density at radius 2 is 2.12 bits per heavy atom. The number of aliphatic carboxylic acids is 1. The molecule has 0 radical (unpaired) electrons. The average Bonchev–Trinajstić information content (AvgIpc) is 3.13. The minimum atomic E-state index is -0.904. The fourth-order valence-corrected chi connectivity index (χ4v) is 4.47. The average molecular weight is 348 g/mol. The lowest BCUT2D eigenvalue weighted by Gasteiger charge is -2.27. The molecule has 126 valence electrons. The van der Waals surface area contributed by atoms with E-state index in [1.54, 1.807) is 24.3 Å². The molecule has 2 heterocycles. The summed E-state index contributed by atoms with van der Waals surface area (Å²) in [6.45, 7) is 0.686. The van der Waals surface area contributed by atoms with Crippen molar-refractivity contribution in [3.05, 3.63) is 34.4 Å². The van der Waals surface area contributed by atoms with Crippen molar-refractivity contribution in [2.24, 2.45) is 11.8 Å². The highest BCUT2D eigenvalue weighted by Gasteiger charge is 2.50. The van der Waals surface area contributed by atoms with Crippen LogP contribution in [0.25, 0.3) is 6.08 Å². The number of carboxylic acids is 1. The topological polar surface area (TPSA) is 66.8 Å². The molecule has 1 aliphatic carbocycles. The fraction of sp³-hybridized carbons (Fsp3) is 0.444. The van der Waals surface area contributed by atoms with Crippen molar-refractivity contribution < 1.29 is 19.4 Å². The van der Waals surface area contributed by atoms with Crippen LogP contribution in [0, 0.1) is 11.8 Å². The van der Waals surface area contributed by atoms with Crippen LogP contribution >= 0.6 is 11.6 Å². The van der Waals surface area contributed by atoms with E-state index in [0.717, 1.165) is 24.8 Å². The summed E-state index contributed by atoms with van der Waals surface area (Å²) in [5.74, 6) is -0.0647. The van der Waals surface area contributed by atoms with Gasteiger partial charge in [0.1, 0.15) is 18.4 Å². The first kappa shape index (κ1) is 15.5. The summed E-state index contributed by atoms with van der Waals surface area (Å²) in [5, 5.41) is 10.2. The van der Waals surface area contributed by atoms with E-state index in [1.807, 2.05) is 0 Å². The second-order valence-corrected chi connectivity index (χ2v) is 7.17. The first-order chi connectivity index (χ1) is 11.5. The zero-order valence-electron chi connectivity index (χ0n) is 13.1. The van der Waals surface area contributed by atoms with Gasteiger partial charge < -0.3 is 14.7 Å². The number of fused-ring (bicyclic) bond motifs is 2. The molecule has 1 N–H and O–H groups in total. The fourth-order valence-electron chi connectivity index (χ4n) is 4.29. The Bertz CT molecular complexity index is 745. The van der Waals surface area contributed by atoms with E-state index >= 15 is 0 Å². The van der Waals surface area contributed by atoms with Gasteiger partial charge in [0.15, 0.2) is 0 Å². The predicted octanol–water partition coefficient (Wildman–Crippen LogP) is 2.83. The third-order valence-electron chi connectivity index (χ3n) is 5.36. The van der Waals surface area contributed by atoms with Crippen molar-refractivity contribution in [1.29, 1.82) is 0 Å². The van der Waals surface area contributed by atoms with Crippen LogP contribution in [-0.4, -0.2) is 41.1 Å². The molecule has 6 heteroatoms. The predicted molar refractivity (Wildman–Crippen MR) is 88.9 cm³/mol. The van der Waals surface area contributed by atoms with Crippen LogP contribution in [0.1, 0.15) is 24.8 Å². The SMILES string of the molecule is O=C(O)C1C2CCCC2CN1C(=O)C1=Cc2cc(Cl)ccc2OC1. The highest BCUT2D eigenvalue weighted by atomic mass is 35.5. The molecule has 2 fully saturated rings. The Morgan fingerprint density at radius 1 is 1.29 bits per heavy atom. The van der Waals surface area contributed by atoms with Gasteiger partial charge in [-0.3, -0.25) is 4.79 Å². The Morgan fingerprint density at radius 3 is 2.92 bits per heavy atom. The van der Waals surface area contributed by atoms with Crippen LogP contribution in [0.4, 0.5) is 0 Å². The number of amides is 1. The number of halogens is 1. The standard InChI is InChI=1S/C18H18ClNO4/c19-13-4-5-15-11(7-13)6-12(9-24-15)17(21)20-8-10-2-1-3-14(10)16(20)18(22)23/h4-7,10,14,16H,1-3,8-9H2,(H,22,23). The van der Waals surface area contributed by atoms with Crippen LogP contribution in [0.2, 0.25) is 5.02 Å². The molecule has 0 bridgehead atoms. The molecule has 3 atom stereocenters. The summed E-state index contributed by atoms with van der Waals surface area (Å²) < 4.78 is 5.64. The largest absolute Gasteiger partial charge is 0.488 e. The van der Waals surface area contributed by atoms with Gasteiger partial charge in [-0.1, -0.05) is 18.0 Å². The van der Waals surface area contributed by atoms with Gasteiger partial charge in [0.25, 0.3) is 5.91 Å². The van der Waals surface area contributed by atoms with Crippen LogP contribution < -0.4 is 4.74 Å². The van der Waals surface area contributed by atoms with Gasteiger partial charge in [-0.2, -0.15) is 0 Å². The molecule has 3 unspecified atom stereocenters. The van der Waals surface area contributed by atoms with Gasteiger partial charge in [-0.15, -0.1) is 0 Å². The van der Waals surface area contributed by atoms with Crippen molar-refractivity contribution in [2.75, 3.05) is 13.2 Å². The second kappa shape index (κ2) is 5.81. The molecule has 1 aromatic carbocycles. The smallest absolute Gasteiger partial charge is 0.326 e. The summed E-state index contributed by atoms with van der Waals surface area (Å²) in [4.78, 5) is 26.2. The number of carboxylic acid groups (broad SMARTS) is 1. The number of rotatable bonds is 2. The number of hydrogen-bond donors (Lipinski definition) is 1. The van der Waals surface area contributed by atoms with Gasteiger partial charge in [0.2, 0.25) is 0 Å². The summed E-state index contributed by atoms with van der Waals surface area (Å²) in [6, 6.07) is 4.54. The molecule has 1 amide bonds. The van der Waals surface area contributed by atoms with Gasteiger partial charge in [0, 0.05) is 17.1 Å². The van der Waals surface area contributed by atoms with E-state index in [0.29, 0.717) is 28.8 Å². The number of hydrogen-bond acceptors (Lipinski definition) is 3. The van der Waals surface area contributed by atoms with E-state index in [2.05, 4.69) is 0 Å². The van der Waals surface area contributed by atoms with Crippen molar-refractivity contribution >= 4 is 29.6 Å². The van der Waals surface area contributed by atoms with Crippen LogP contribution in [0.15, 0.2) is 23.8 Å². The molecule has 1 aromatic rings. The highest BCUT2D eigenvalue weighted by molar-refractivity contribution is 6.30. The van der Waals surface area contributed by atoms with E-state index in [1.165, 1.54) is 4.90 Å². The minimum Gasteiger partial charge on any atom is -0.488 e. The summed E-state index contributed by atoms with van der Waals surface area (Å²) in [7, 11) is 0. The van der Waals surface area contributed by atoms with E-state index in [4.69, 9.17) is 16.3 Å². The molecular weight excluding hydrogens is 330 g/mol. The lowest BCUT2D eigenvalue weighted by atomic mass is 9.94. The van der Waals surface area contributed by atoms with E-state index in [-0.39, 0.29) is 18.4 Å². The van der Waals surface area contributed by atoms with Crippen molar-refractivity contribution in [2.45, 2.75) is 25.3 Å². The van der Waals surface area contributed by atoms with Gasteiger partial charge in [-0.25, -0.2) is 4.79 Å². The molecule has 2 aliphatic heterocycles. The maximum Gasteiger partial charge on any atom is 0.326 e. The molecule has 1 saturated carbocycles. The summed E-state index contributed by atoms with van der Waals surface area (Å²) in [6.07, 6.45) is 4.71. The maximum absolute atomic E-state index is 12.9. The van der Waals surface area contributed by atoms with E-state index < -0.39 is 12.0 Å². The molecule has 1 saturated heterocycles. The quantitative estimate of drug-likeness (QED) is 0.893. The zero-order valence-corrected chi connectivity index (χ0v) is 13.8. The number of benzene rings is 1. The second-order valence-electron chi connectivity index (χ2n) is 6.74. The maximum atomic E-state index is 12.9. The molecule has 5 nitrogen and oxygen atoms in total. The summed E-state index contributed by atoms with van der Waals surface area (Å²) >= 11 is 6.00. The molecule has 0 aromatic heterocycles. The van der Waals surface area contributed by atoms with Crippen molar-refractivity contribution in [3.8, 4) is 5.75 Å². The molecule has 4 rings (SSSR count). The van der Waals surface area contributed by atoms with Crippen LogP contribution in [-0.2, 0) is 9.59 Å². The van der Waals surface area contributed by atoms with Crippen molar-refractivity contribution in [3.63, 3.8) is 0 Å². The van der Waals surface area contributed by atoms with Gasteiger partial charge >= 0.3 is 5.97 Å². The lowest BCUT2D eigenvalue weighted by molar-refractivity contribution is -0.148. The normalized spacial score (nSPS) is 28.0. The molecule has 0 spiro atoms. The van der Waals surface area contributed by atoms with Gasteiger partial charge in [-0.05, 0) is 49.0 Å². The minimum absolute atomic E-state index is 0.0817. The first-order valence-corrected chi connectivity index (χ1v) is 8.59. The molecule has 24 heavy (non-hydrogen) atoms. The molecule has 3 aliphatic rings. The number of ether oxygens (including phenoxy) is 1. The van der Waals surface area contributed by atoms with Crippen LogP contribution in [0.5, 0.6) is 5.75 Å². The summed E-state index contributed by atoms with van der Waals surface area (Å²) in [5.41, 5.74) is 1.24. The monoisotopic (exact) mass is 347 g/mol. The lowest BCUT2D eigenvalue weighted by Crippen LogP contribution is -2.44. The number of carbonyl (C=O) groups is 2. The Balaban J connectivity index is 1.63. The molecular formula is C18H18ClNO4. The third kappa shape index (κ3) is 2.47. The Kier molecular flexibility index (Phi) is 3.76. The van der Waals surface area contributed by atoms with Gasteiger partial charge in [0.05, 0.1) is 5.57 Å². The van der Waals surface area contributed by atoms with E-state index in [9.17, 15) is 14.7 Å². The Labute approximate surface area is 144 Å². The number of nitrogens with zero attached hydrogens (tertiary/aromatic N) is 1. The highest BCUT2D eigenvalue weighted by Crippen LogP contribution is 2.43. The van der Waals surface area contributed by atoms with Crippen LogP contribution in [0.3, 0.4) is 0 Å². The van der Waals surface area contributed by atoms with Crippen molar-refractivity contribution in [1.82, 2.24) is 4.90 Å². The Hall–Kier alpha value is -2.01. The number of likely N-dealkylation sites (tertiary alicyclic amines) is 1. The third-order valence-corrected chi connectivity index (χ3v) is 5.60.